The number of hydrogen-bond donors (Lipinski definition) is 1. The second kappa shape index (κ2) is 5.35. The summed E-state index contributed by atoms with van der Waals surface area (Å²) < 4.78 is 0. The number of hydrogen-bond acceptors (Lipinski definition) is 1. The van der Waals surface area contributed by atoms with E-state index in [-0.39, 0.29) is 0 Å². The van der Waals surface area contributed by atoms with Crippen LogP contribution in [0.5, 0.6) is 0 Å². The highest BCUT2D eigenvalue weighted by Crippen LogP contribution is 2.01. The first kappa shape index (κ1) is 10.7. The van der Waals surface area contributed by atoms with Gasteiger partial charge in [0.1, 0.15) is 0 Å². The molecular weight excluding hydrogens is 150 g/mol. The van der Waals surface area contributed by atoms with Crippen LogP contribution in [0.15, 0.2) is 36.0 Å². The molecule has 0 unspecified atom stereocenters. The molecule has 0 saturated carbocycles. The van der Waals surface area contributed by atoms with E-state index in [1.165, 1.54) is 0 Å². The van der Waals surface area contributed by atoms with Crippen LogP contribution < -0.4 is 5.73 Å². The molecule has 0 aliphatic heterocycles. The molecule has 2 nitrogen and oxygen atoms in total. The van der Waals surface area contributed by atoms with Gasteiger partial charge in [-0.15, -0.1) is 0 Å². The van der Waals surface area contributed by atoms with Crippen LogP contribution in [0.25, 0.3) is 0 Å². The molecule has 0 aromatic rings. The van der Waals surface area contributed by atoms with Crippen molar-refractivity contribution in [3.63, 3.8) is 0 Å². The highest BCUT2D eigenvalue weighted by atomic mass is 16.1. The third kappa shape index (κ3) is 4.50. The fourth-order valence-electron chi connectivity index (χ4n) is 0.698. The maximum atomic E-state index is 10.6. The molecule has 66 valence electrons. The van der Waals surface area contributed by atoms with Crippen LogP contribution in [0, 0.1) is 0 Å². The molecule has 0 aliphatic carbocycles. The fourth-order valence-corrected chi connectivity index (χ4v) is 0.698. The number of carbonyl (C=O) groups is 1. The molecule has 2 N–H and O–H groups in total. The molecule has 0 fully saturated rings. The van der Waals surface area contributed by atoms with E-state index in [0.29, 0.717) is 5.57 Å². The van der Waals surface area contributed by atoms with Crippen molar-refractivity contribution in [3.8, 4) is 0 Å². The molecule has 12 heavy (non-hydrogen) atoms. The van der Waals surface area contributed by atoms with Gasteiger partial charge in [0.05, 0.1) is 0 Å². The summed E-state index contributed by atoms with van der Waals surface area (Å²) in [6.45, 7) is 7.47. The van der Waals surface area contributed by atoms with Crippen molar-refractivity contribution in [2.75, 3.05) is 0 Å². The van der Waals surface area contributed by atoms with Crippen LogP contribution in [-0.2, 0) is 4.79 Å². The Morgan fingerprint density at radius 2 is 2.17 bits per heavy atom. The average molecular weight is 165 g/mol. The lowest BCUT2D eigenvalue weighted by molar-refractivity contribution is -0.114. The van der Waals surface area contributed by atoms with E-state index < -0.39 is 5.91 Å². The summed E-state index contributed by atoms with van der Waals surface area (Å²) in [5.41, 5.74) is 6.33. The number of rotatable bonds is 4. The van der Waals surface area contributed by atoms with E-state index >= 15 is 0 Å². The summed E-state index contributed by atoms with van der Waals surface area (Å²) >= 11 is 0. The molecule has 0 atom stereocenters. The summed E-state index contributed by atoms with van der Waals surface area (Å²) in [6.07, 6.45) is 6.61. The van der Waals surface area contributed by atoms with Gasteiger partial charge in [-0.25, -0.2) is 0 Å². The molecule has 0 aromatic carbocycles. The molecule has 2 heteroatoms. The molecule has 0 aliphatic rings. The lowest BCUT2D eigenvalue weighted by atomic mass is 10.1. The molecule has 0 saturated heterocycles. The smallest absolute Gasteiger partial charge is 0.248 e. The Hall–Kier alpha value is -1.31. The first-order valence-electron chi connectivity index (χ1n) is 3.91. The van der Waals surface area contributed by atoms with Gasteiger partial charge in [-0.1, -0.05) is 31.2 Å². The van der Waals surface area contributed by atoms with Gasteiger partial charge in [-0.05, 0) is 19.4 Å². The summed E-state index contributed by atoms with van der Waals surface area (Å²) in [4.78, 5) is 10.6. The zero-order valence-corrected chi connectivity index (χ0v) is 7.63. The van der Waals surface area contributed by atoms with E-state index in [2.05, 4.69) is 6.58 Å². The molecule has 1 amide bonds. The molecule has 0 rings (SSSR count). The zero-order chi connectivity index (χ0) is 9.56. The Bertz CT molecular complexity index is 236. The predicted molar refractivity (Wildman–Crippen MR) is 51.5 cm³/mol. The van der Waals surface area contributed by atoms with E-state index in [1.807, 2.05) is 26.0 Å². The number of nitrogens with two attached hydrogens (primary N) is 1. The van der Waals surface area contributed by atoms with E-state index in [1.54, 1.807) is 6.08 Å². The van der Waals surface area contributed by atoms with E-state index in [9.17, 15) is 4.79 Å². The van der Waals surface area contributed by atoms with E-state index in [0.717, 1.165) is 12.0 Å². The number of carbonyl (C=O) groups excluding carboxylic acids is 1. The van der Waals surface area contributed by atoms with Crippen molar-refractivity contribution in [2.45, 2.75) is 20.3 Å². The van der Waals surface area contributed by atoms with Crippen LogP contribution in [0.2, 0.25) is 0 Å². The fraction of sp³-hybridized carbons (Fsp3) is 0.300. The second-order valence-corrected chi connectivity index (χ2v) is 2.59. The molecule has 0 aromatic heterocycles. The lowest BCUT2D eigenvalue weighted by Gasteiger charge is -1.93. The summed E-state index contributed by atoms with van der Waals surface area (Å²) in [5, 5.41) is 0. The standard InChI is InChI=1S/C10H15NO/c1-4-5-6-8(2)7-9(3)10(11)12/h5-7H,3-4H2,1-2H3,(H2,11,12)/b6-5-,8-7-. The van der Waals surface area contributed by atoms with Crippen LogP contribution in [-0.4, -0.2) is 5.91 Å². The van der Waals surface area contributed by atoms with Crippen LogP contribution in [0.3, 0.4) is 0 Å². The minimum absolute atomic E-state index is 0.341. The van der Waals surface area contributed by atoms with Crippen molar-refractivity contribution >= 4 is 5.91 Å². The maximum Gasteiger partial charge on any atom is 0.248 e. The minimum atomic E-state index is -0.473. The van der Waals surface area contributed by atoms with Crippen LogP contribution in [0.4, 0.5) is 0 Å². The van der Waals surface area contributed by atoms with Crippen LogP contribution >= 0.6 is 0 Å². The molecular formula is C10H15NO. The third-order valence-electron chi connectivity index (χ3n) is 1.33. The summed E-state index contributed by atoms with van der Waals surface area (Å²) in [5.74, 6) is -0.473. The summed E-state index contributed by atoms with van der Waals surface area (Å²) in [6, 6.07) is 0. The SMILES string of the molecule is C=C(/C=C(C)\C=C/CC)C(N)=O. The molecule has 0 bridgehead atoms. The summed E-state index contributed by atoms with van der Waals surface area (Å²) in [7, 11) is 0. The van der Waals surface area contributed by atoms with Gasteiger partial charge in [0, 0.05) is 5.57 Å². The lowest BCUT2D eigenvalue weighted by Crippen LogP contribution is -2.11. The second-order valence-electron chi connectivity index (χ2n) is 2.59. The molecule has 0 spiro atoms. The van der Waals surface area contributed by atoms with Crippen LogP contribution in [0.1, 0.15) is 20.3 Å². The zero-order valence-electron chi connectivity index (χ0n) is 7.63. The average Bonchev–Trinajstić information content (AvgIpc) is 2.00. The van der Waals surface area contributed by atoms with Gasteiger partial charge in [0.25, 0.3) is 0 Å². The largest absolute Gasteiger partial charge is 0.366 e. The maximum absolute atomic E-state index is 10.6. The minimum Gasteiger partial charge on any atom is -0.366 e. The van der Waals surface area contributed by atoms with Gasteiger partial charge in [0.2, 0.25) is 5.91 Å². The Labute approximate surface area is 73.5 Å². The first-order chi connectivity index (χ1) is 5.57. The molecule has 0 radical (unpaired) electrons. The Kier molecular flexibility index (Phi) is 4.77. The Morgan fingerprint density at radius 3 is 2.58 bits per heavy atom. The van der Waals surface area contributed by atoms with Crippen molar-refractivity contribution in [2.24, 2.45) is 5.73 Å². The highest BCUT2D eigenvalue weighted by Gasteiger charge is 1.95. The quantitative estimate of drug-likeness (QED) is 0.502. The van der Waals surface area contributed by atoms with Gasteiger partial charge < -0.3 is 5.73 Å². The Morgan fingerprint density at radius 1 is 1.58 bits per heavy atom. The van der Waals surface area contributed by atoms with Crippen molar-refractivity contribution in [1.82, 2.24) is 0 Å². The number of primary amides is 1. The van der Waals surface area contributed by atoms with Gasteiger partial charge in [0.15, 0.2) is 0 Å². The van der Waals surface area contributed by atoms with E-state index in [4.69, 9.17) is 5.73 Å². The Balaban J connectivity index is 4.26. The van der Waals surface area contributed by atoms with Crippen molar-refractivity contribution < 1.29 is 4.79 Å². The van der Waals surface area contributed by atoms with Crippen molar-refractivity contribution in [3.05, 3.63) is 36.0 Å². The topological polar surface area (TPSA) is 43.1 Å². The third-order valence-corrected chi connectivity index (χ3v) is 1.33. The number of amides is 1. The monoisotopic (exact) mass is 165 g/mol. The molecule has 0 heterocycles. The van der Waals surface area contributed by atoms with Gasteiger partial charge >= 0.3 is 0 Å². The highest BCUT2D eigenvalue weighted by molar-refractivity contribution is 5.94. The predicted octanol–water partition coefficient (Wildman–Crippen LogP) is 1.94. The number of allylic oxidation sites excluding steroid dienone is 3. The van der Waals surface area contributed by atoms with Crippen molar-refractivity contribution in [1.29, 1.82) is 0 Å². The first-order valence-corrected chi connectivity index (χ1v) is 3.91. The van der Waals surface area contributed by atoms with Gasteiger partial charge in [-0.2, -0.15) is 0 Å². The normalized spacial score (nSPS) is 12.0. The van der Waals surface area contributed by atoms with Gasteiger partial charge in [-0.3, -0.25) is 4.79 Å².